The fraction of sp³-hybridized carbons (Fsp3) is 0.267. The highest BCUT2D eigenvalue weighted by Gasteiger charge is 2.27. The molecule has 0 saturated carbocycles. The average molecular weight is 319 g/mol. The van der Waals surface area contributed by atoms with Crippen molar-refractivity contribution in [1.29, 1.82) is 0 Å². The number of morpholine rings is 1. The molecule has 3 rings (SSSR count). The lowest BCUT2D eigenvalue weighted by Crippen LogP contribution is -2.42. The van der Waals surface area contributed by atoms with Crippen molar-refractivity contribution in [2.75, 3.05) is 19.8 Å². The van der Waals surface area contributed by atoms with E-state index in [2.05, 4.69) is 22.0 Å². The minimum Gasteiger partial charge on any atom is -0.377 e. The van der Waals surface area contributed by atoms with Gasteiger partial charge in [0.05, 0.1) is 19.3 Å². The predicted octanol–water partition coefficient (Wildman–Crippen LogP) is 2.21. The molecule has 1 atom stereocenters. The number of ether oxygens (including phenoxy) is 1. The third-order valence-corrected chi connectivity index (χ3v) is 3.82. The van der Waals surface area contributed by atoms with E-state index in [9.17, 15) is 4.79 Å². The van der Waals surface area contributed by atoms with E-state index in [1.165, 1.54) is 6.08 Å². The smallest absolute Gasteiger partial charge is 0.246 e. The third kappa shape index (κ3) is 2.88. The van der Waals surface area contributed by atoms with Crippen molar-refractivity contribution in [1.82, 2.24) is 20.3 Å². The maximum atomic E-state index is 12.0. The molecule has 2 heterocycles. The molecule has 6 nitrogen and oxygen atoms in total. The van der Waals surface area contributed by atoms with Crippen molar-refractivity contribution in [2.24, 2.45) is 0 Å². The first-order chi connectivity index (χ1) is 10.7. The van der Waals surface area contributed by atoms with Crippen LogP contribution in [0.4, 0.5) is 0 Å². The lowest BCUT2D eigenvalue weighted by molar-refractivity contribution is -0.134. The molecule has 1 N–H and O–H groups in total. The predicted molar refractivity (Wildman–Crippen MR) is 82.3 cm³/mol. The van der Waals surface area contributed by atoms with Crippen molar-refractivity contribution >= 4 is 17.5 Å². The van der Waals surface area contributed by atoms with Crippen molar-refractivity contribution in [3.05, 3.63) is 47.6 Å². The number of nitrogens with zero attached hydrogens (tertiary/aromatic N) is 3. The monoisotopic (exact) mass is 318 g/mol. The maximum absolute atomic E-state index is 12.0. The SMILES string of the molecule is C=CC(=O)N1CCOC[C@H]1c1cc(Cl)cc(-c2c[nH]nn2)c1. The zero-order chi connectivity index (χ0) is 15.5. The second-order valence-electron chi connectivity index (χ2n) is 4.96. The molecule has 0 spiro atoms. The summed E-state index contributed by atoms with van der Waals surface area (Å²) in [5.41, 5.74) is 2.44. The summed E-state index contributed by atoms with van der Waals surface area (Å²) < 4.78 is 5.53. The van der Waals surface area contributed by atoms with Crippen LogP contribution >= 0.6 is 11.6 Å². The molecule has 114 valence electrons. The summed E-state index contributed by atoms with van der Waals surface area (Å²) in [6, 6.07) is 5.41. The Balaban J connectivity index is 1.99. The van der Waals surface area contributed by atoms with Gasteiger partial charge in [0.2, 0.25) is 5.91 Å². The second-order valence-corrected chi connectivity index (χ2v) is 5.39. The largest absolute Gasteiger partial charge is 0.377 e. The number of H-pyrrole nitrogens is 1. The van der Waals surface area contributed by atoms with Gasteiger partial charge in [0.25, 0.3) is 0 Å². The number of carbonyl (C=O) groups excluding carboxylic acids is 1. The Hall–Kier alpha value is -2.18. The zero-order valence-electron chi connectivity index (χ0n) is 11.8. The summed E-state index contributed by atoms with van der Waals surface area (Å²) >= 11 is 6.22. The van der Waals surface area contributed by atoms with E-state index < -0.39 is 0 Å². The van der Waals surface area contributed by atoms with E-state index in [4.69, 9.17) is 16.3 Å². The van der Waals surface area contributed by atoms with Crippen LogP contribution in [-0.2, 0) is 9.53 Å². The first-order valence-corrected chi connectivity index (χ1v) is 7.25. The van der Waals surface area contributed by atoms with E-state index in [0.29, 0.717) is 30.5 Å². The van der Waals surface area contributed by atoms with Gasteiger partial charge in [-0.2, -0.15) is 0 Å². The molecule has 0 radical (unpaired) electrons. The van der Waals surface area contributed by atoms with Crippen LogP contribution in [0.2, 0.25) is 5.02 Å². The van der Waals surface area contributed by atoms with Crippen LogP contribution < -0.4 is 0 Å². The summed E-state index contributed by atoms with van der Waals surface area (Å²) in [4.78, 5) is 13.8. The Labute approximate surface area is 132 Å². The standard InChI is InChI=1S/C15H15ClN4O2/c1-2-15(21)20-3-4-22-9-14(20)11-5-10(6-12(16)7-11)13-8-17-19-18-13/h2,5-8,14H,1,3-4,9H2,(H,17,18,19)/t14-/m0/s1. The van der Waals surface area contributed by atoms with Gasteiger partial charge in [-0.15, -0.1) is 5.10 Å². The third-order valence-electron chi connectivity index (χ3n) is 3.60. The van der Waals surface area contributed by atoms with Crippen molar-refractivity contribution in [2.45, 2.75) is 6.04 Å². The van der Waals surface area contributed by atoms with Gasteiger partial charge < -0.3 is 9.64 Å². The molecule has 1 saturated heterocycles. The Morgan fingerprint density at radius 3 is 3.09 bits per heavy atom. The van der Waals surface area contributed by atoms with E-state index in [1.54, 1.807) is 11.1 Å². The van der Waals surface area contributed by atoms with Gasteiger partial charge in [0.15, 0.2) is 0 Å². The number of halogens is 1. The fourth-order valence-electron chi connectivity index (χ4n) is 2.56. The highest BCUT2D eigenvalue weighted by atomic mass is 35.5. The Morgan fingerprint density at radius 1 is 1.50 bits per heavy atom. The minimum atomic E-state index is -0.191. The van der Waals surface area contributed by atoms with Crippen LogP contribution in [0.3, 0.4) is 0 Å². The molecule has 7 heteroatoms. The molecule has 1 aromatic carbocycles. The van der Waals surface area contributed by atoms with E-state index in [-0.39, 0.29) is 11.9 Å². The first-order valence-electron chi connectivity index (χ1n) is 6.87. The molecule has 1 aliphatic rings. The average Bonchev–Trinajstić information content (AvgIpc) is 3.08. The van der Waals surface area contributed by atoms with Gasteiger partial charge in [-0.1, -0.05) is 23.4 Å². The number of benzene rings is 1. The molecule has 0 aliphatic carbocycles. The maximum Gasteiger partial charge on any atom is 0.246 e. The number of hydrogen-bond acceptors (Lipinski definition) is 4. The molecule has 2 aromatic rings. The number of nitrogens with one attached hydrogen (secondary N) is 1. The quantitative estimate of drug-likeness (QED) is 0.881. The zero-order valence-corrected chi connectivity index (χ0v) is 12.6. The van der Waals surface area contributed by atoms with Crippen LogP contribution in [0.1, 0.15) is 11.6 Å². The fourth-order valence-corrected chi connectivity index (χ4v) is 2.80. The van der Waals surface area contributed by atoms with Gasteiger partial charge in [0.1, 0.15) is 5.69 Å². The summed E-state index contributed by atoms with van der Waals surface area (Å²) in [5.74, 6) is -0.115. The van der Waals surface area contributed by atoms with Gasteiger partial charge in [0, 0.05) is 23.3 Å². The molecule has 22 heavy (non-hydrogen) atoms. The Morgan fingerprint density at radius 2 is 2.36 bits per heavy atom. The highest BCUT2D eigenvalue weighted by Crippen LogP contribution is 2.30. The number of aromatic amines is 1. The van der Waals surface area contributed by atoms with Gasteiger partial charge in [-0.3, -0.25) is 9.89 Å². The topological polar surface area (TPSA) is 71.1 Å². The van der Waals surface area contributed by atoms with Crippen molar-refractivity contribution in [3.63, 3.8) is 0 Å². The van der Waals surface area contributed by atoms with E-state index in [1.807, 2.05) is 18.2 Å². The van der Waals surface area contributed by atoms with Crippen molar-refractivity contribution < 1.29 is 9.53 Å². The van der Waals surface area contributed by atoms with Crippen LogP contribution in [-0.4, -0.2) is 46.0 Å². The molecule has 1 aliphatic heterocycles. The van der Waals surface area contributed by atoms with E-state index >= 15 is 0 Å². The number of amides is 1. The summed E-state index contributed by atoms with van der Waals surface area (Å²) in [6.45, 7) is 5.04. The Kier molecular flexibility index (Phi) is 4.22. The minimum absolute atomic E-state index is 0.115. The van der Waals surface area contributed by atoms with E-state index in [0.717, 1.165) is 11.1 Å². The van der Waals surface area contributed by atoms with Crippen LogP contribution in [0.25, 0.3) is 11.3 Å². The summed E-state index contributed by atoms with van der Waals surface area (Å²) in [7, 11) is 0. The van der Waals surface area contributed by atoms with Gasteiger partial charge >= 0.3 is 0 Å². The molecular weight excluding hydrogens is 304 g/mol. The number of rotatable bonds is 3. The molecule has 1 amide bonds. The molecule has 0 unspecified atom stereocenters. The van der Waals surface area contributed by atoms with Crippen LogP contribution in [0.15, 0.2) is 37.1 Å². The summed E-state index contributed by atoms with van der Waals surface area (Å²) in [6.07, 6.45) is 3.01. The van der Waals surface area contributed by atoms with Gasteiger partial charge in [-0.05, 0) is 29.8 Å². The van der Waals surface area contributed by atoms with Crippen molar-refractivity contribution in [3.8, 4) is 11.3 Å². The molecule has 1 aromatic heterocycles. The number of carbonyl (C=O) groups is 1. The number of hydrogen-bond donors (Lipinski definition) is 1. The molecule has 1 fully saturated rings. The normalized spacial score (nSPS) is 18.2. The first kappa shape index (κ1) is 14.7. The summed E-state index contributed by atoms with van der Waals surface area (Å²) in [5, 5.41) is 11.0. The van der Waals surface area contributed by atoms with Gasteiger partial charge in [-0.25, -0.2) is 0 Å². The molecular formula is C15H15ClN4O2. The highest BCUT2D eigenvalue weighted by molar-refractivity contribution is 6.31. The Bertz CT molecular complexity index is 687. The molecule has 0 bridgehead atoms. The van der Waals surface area contributed by atoms with Crippen LogP contribution in [0, 0.1) is 0 Å². The number of aromatic nitrogens is 3. The second kappa shape index (κ2) is 6.29. The lowest BCUT2D eigenvalue weighted by Gasteiger charge is -2.35. The lowest BCUT2D eigenvalue weighted by atomic mass is 10.0. The van der Waals surface area contributed by atoms with Crippen LogP contribution in [0.5, 0.6) is 0 Å².